The molecule has 0 aromatic rings. The molecule has 0 aliphatic heterocycles. The first kappa shape index (κ1) is 16.1. The Labute approximate surface area is 103 Å². The third-order valence-corrected chi connectivity index (χ3v) is 3.19. The van der Waals surface area contributed by atoms with Gasteiger partial charge >= 0.3 is 5.97 Å². The van der Waals surface area contributed by atoms with Crippen LogP contribution in [0.4, 0.5) is 0 Å². The molecule has 0 radical (unpaired) electrons. The predicted molar refractivity (Wildman–Crippen MR) is 67.6 cm³/mol. The molecule has 0 rings (SSSR count). The van der Waals surface area contributed by atoms with E-state index in [4.69, 9.17) is 0 Å². The SMILES string of the molecule is CCN(CCS(C)(=O)=O)C/C(C)=C/C(=O)OC. The number of methoxy groups -OCH3 is 1. The number of likely N-dealkylation sites (N-methyl/N-ethyl adjacent to an activating group) is 1. The van der Waals surface area contributed by atoms with Crippen molar-refractivity contribution in [2.75, 3.05) is 38.8 Å². The Balaban J connectivity index is 4.31. The van der Waals surface area contributed by atoms with Crippen molar-refractivity contribution in [3.8, 4) is 0 Å². The van der Waals surface area contributed by atoms with Crippen LogP contribution < -0.4 is 0 Å². The van der Waals surface area contributed by atoms with Crippen molar-refractivity contribution in [1.29, 1.82) is 0 Å². The minimum Gasteiger partial charge on any atom is -0.466 e. The van der Waals surface area contributed by atoms with Gasteiger partial charge < -0.3 is 4.74 Å². The van der Waals surface area contributed by atoms with Crippen molar-refractivity contribution in [2.45, 2.75) is 13.8 Å². The summed E-state index contributed by atoms with van der Waals surface area (Å²) >= 11 is 0. The van der Waals surface area contributed by atoms with E-state index in [-0.39, 0.29) is 11.7 Å². The second-order valence-electron chi connectivity index (χ2n) is 4.01. The molecule has 0 heterocycles. The molecule has 0 unspecified atom stereocenters. The van der Waals surface area contributed by atoms with Crippen molar-refractivity contribution >= 4 is 15.8 Å². The molecule has 6 heteroatoms. The second kappa shape index (κ2) is 7.45. The highest BCUT2D eigenvalue weighted by molar-refractivity contribution is 7.90. The van der Waals surface area contributed by atoms with Gasteiger partial charge in [0.2, 0.25) is 0 Å². The summed E-state index contributed by atoms with van der Waals surface area (Å²) in [5.74, 6) is -0.256. The van der Waals surface area contributed by atoms with Gasteiger partial charge in [-0.3, -0.25) is 4.90 Å². The van der Waals surface area contributed by atoms with E-state index in [0.29, 0.717) is 13.1 Å². The number of hydrogen-bond acceptors (Lipinski definition) is 5. The van der Waals surface area contributed by atoms with Crippen LogP contribution in [-0.4, -0.2) is 58.0 Å². The maximum atomic E-state index is 11.0. The Morgan fingerprint density at radius 1 is 1.41 bits per heavy atom. The summed E-state index contributed by atoms with van der Waals surface area (Å²) in [6, 6.07) is 0. The largest absolute Gasteiger partial charge is 0.466 e. The van der Waals surface area contributed by atoms with Crippen LogP contribution in [0, 0.1) is 0 Å². The standard InChI is InChI=1S/C11H21NO4S/c1-5-12(6-7-17(4,14)15)9-10(2)8-11(13)16-3/h8H,5-7,9H2,1-4H3/b10-8+. The summed E-state index contributed by atoms with van der Waals surface area (Å²) in [5.41, 5.74) is 0.854. The van der Waals surface area contributed by atoms with E-state index in [1.165, 1.54) is 19.4 Å². The van der Waals surface area contributed by atoms with E-state index in [1.54, 1.807) is 0 Å². The van der Waals surface area contributed by atoms with Crippen molar-refractivity contribution < 1.29 is 17.9 Å². The van der Waals surface area contributed by atoms with E-state index in [2.05, 4.69) is 4.74 Å². The highest BCUT2D eigenvalue weighted by Gasteiger charge is 2.08. The van der Waals surface area contributed by atoms with Crippen molar-refractivity contribution in [3.63, 3.8) is 0 Å². The third-order valence-electron chi connectivity index (χ3n) is 2.26. The van der Waals surface area contributed by atoms with Crippen LogP contribution in [0.15, 0.2) is 11.6 Å². The van der Waals surface area contributed by atoms with E-state index >= 15 is 0 Å². The number of hydrogen-bond donors (Lipinski definition) is 0. The fraction of sp³-hybridized carbons (Fsp3) is 0.727. The van der Waals surface area contributed by atoms with Crippen LogP contribution in [0.5, 0.6) is 0 Å². The van der Waals surface area contributed by atoms with E-state index in [0.717, 1.165) is 12.1 Å². The maximum Gasteiger partial charge on any atom is 0.330 e. The Morgan fingerprint density at radius 2 is 2.00 bits per heavy atom. The quantitative estimate of drug-likeness (QED) is 0.493. The number of ether oxygens (including phenoxy) is 1. The number of nitrogens with zero attached hydrogens (tertiary/aromatic N) is 1. The Bertz CT molecular complexity index is 373. The number of esters is 1. The van der Waals surface area contributed by atoms with Crippen LogP contribution in [-0.2, 0) is 19.4 Å². The molecule has 0 spiro atoms. The van der Waals surface area contributed by atoms with Crippen molar-refractivity contribution in [2.24, 2.45) is 0 Å². The lowest BCUT2D eigenvalue weighted by Gasteiger charge is -2.19. The van der Waals surface area contributed by atoms with Crippen LogP contribution in [0.3, 0.4) is 0 Å². The topological polar surface area (TPSA) is 63.7 Å². The molecule has 0 aromatic heterocycles. The molecule has 100 valence electrons. The van der Waals surface area contributed by atoms with Crippen LogP contribution in [0.25, 0.3) is 0 Å². The molecule has 5 nitrogen and oxygen atoms in total. The van der Waals surface area contributed by atoms with Gasteiger partial charge in [0.05, 0.1) is 12.9 Å². The van der Waals surface area contributed by atoms with E-state index in [9.17, 15) is 13.2 Å². The molecule has 0 amide bonds. The molecule has 0 aliphatic rings. The number of rotatable bonds is 7. The lowest BCUT2D eigenvalue weighted by atomic mass is 10.2. The van der Waals surface area contributed by atoms with Gasteiger partial charge in [-0.25, -0.2) is 13.2 Å². The molecule has 0 aliphatic carbocycles. The molecule has 0 saturated carbocycles. The van der Waals surface area contributed by atoms with Gasteiger partial charge in [0, 0.05) is 25.4 Å². The third kappa shape index (κ3) is 8.88. The summed E-state index contributed by atoms with van der Waals surface area (Å²) in [7, 11) is -1.62. The Hall–Kier alpha value is -0.880. The fourth-order valence-electron chi connectivity index (χ4n) is 1.30. The van der Waals surface area contributed by atoms with Gasteiger partial charge in [0.1, 0.15) is 9.84 Å². The summed E-state index contributed by atoms with van der Waals surface area (Å²) in [4.78, 5) is 13.0. The normalized spacial score (nSPS) is 12.9. The fourth-order valence-corrected chi connectivity index (χ4v) is 1.89. The van der Waals surface area contributed by atoms with Crippen molar-refractivity contribution in [3.05, 3.63) is 11.6 Å². The molecule has 0 N–H and O–H groups in total. The highest BCUT2D eigenvalue weighted by atomic mass is 32.2. The number of carbonyl (C=O) groups is 1. The zero-order chi connectivity index (χ0) is 13.5. The minimum atomic E-state index is -2.95. The van der Waals surface area contributed by atoms with Gasteiger partial charge in [0.25, 0.3) is 0 Å². The molecule has 0 bridgehead atoms. The first-order valence-corrected chi connectivity index (χ1v) is 7.49. The molecular formula is C11H21NO4S. The van der Waals surface area contributed by atoms with Gasteiger partial charge in [-0.05, 0) is 13.5 Å². The Kier molecular flexibility index (Phi) is 7.06. The monoisotopic (exact) mass is 263 g/mol. The van der Waals surface area contributed by atoms with Gasteiger partial charge in [-0.2, -0.15) is 0 Å². The summed E-state index contributed by atoms with van der Waals surface area (Å²) in [5, 5.41) is 0. The van der Waals surface area contributed by atoms with Gasteiger partial charge in [-0.15, -0.1) is 0 Å². The lowest BCUT2D eigenvalue weighted by molar-refractivity contribution is -0.134. The zero-order valence-electron chi connectivity index (χ0n) is 10.9. The summed E-state index contributed by atoms with van der Waals surface area (Å²) in [6.07, 6.45) is 2.64. The van der Waals surface area contributed by atoms with Crippen LogP contribution in [0.2, 0.25) is 0 Å². The van der Waals surface area contributed by atoms with E-state index in [1.807, 2.05) is 18.7 Å². The summed E-state index contributed by atoms with van der Waals surface area (Å²) in [6.45, 7) is 5.55. The number of carbonyl (C=O) groups excluding carboxylic acids is 1. The van der Waals surface area contributed by atoms with Crippen LogP contribution in [0.1, 0.15) is 13.8 Å². The molecule has 0 aromatic carbocycles. The molecular weight excluding hydrogens is 242 g/mol. The van der Waals surface area contributed by atoms with Gasteiger partial charge in [-0.1, -0.05) is 12.5 Å². The molecule has 0 atom stereocenters. The molecule has 17 heavy (non-hydrogen) atoms. The first-order valence-electron chi connectivity index (χ1n) is 5.43. The minimum absolute atomic E-state index is 0.131. The van der Waals surface area contributed by atoms with E-state index < -0.39 is 9.84 Å². The first-order chi connectivity index (χ1) is 7.78. The smallest absolute Gasteiger partial charge is 0.330 e. The molecule has 0 saturated heterocycles. The van der Waals surface area contributed by atoms with Crippen molar-refractivity contribution in [1.82, 2.24) is 4.90 Å². The molecule has 0 fully saturated rings. The predicted octanol–water partition coefficient (Wildman–Crippen LogP) is 0.472. The highest BCUT2D eigenvalue weighted by Crippen LogP contribution is 2.00. The van der Waals surface area contributed by atoms with Crippen LogP contribution >= 0.6 is 0 Å². The lowest BCUT2D eigenvalue weighted by Crippen LogP contribution is -2.30. The average Bonchev–Trinajstić information content (AvgIpc) is 2.22. The second-order valence-corrected chi connectivity index (χ2v) is 6.27. The average molecular weight is 263 g/mol. The number of sulfone groups is 1. The summed E-state index contributed by atoms with van der Waals surface area (Å²) < 4.78 is 26.6. The Morgan fingerprint density at radius 3 is 2.41 bits per heavy atom. The zero-order valence-corrected chi connectivity index (χ0v) is 11.7. The maximum absolute atomic E-state index is 11.0. The van der Waals surface area contributed by atoms with Gasteiger partial charge in [0.15, 0.2) is 0 Å².